The zero-order chi connectivity index (χ0) is 25.0. The van der Waals surface area contributed by atoms with E-state index in [0.29, 0.717) is 53.5 Å². The molecule has 0 N–H and O–H groups in total. The zero-order valence-corrected chi connectivity index (χ0v) is 20.2. The molecule has 1 amide bonds. The second-order valence-corrected chi connectivity index (χ2v) is 9.79. The average Bonchev–Trinajstić information content (AvgIpc) is 3.25. The van der Waals surface area contributed by atoms with Gasteiger partial charge in [0, 0.05) is 18.5 Å². The summed E-state index contributed by atoms with van der Waals surface area (Å²) in [7, 11) is 0. The molecule has 0 radical (unpaired) electrons. The first-order chi connectivity index (χ1) is 16.8. The Morgan fingerprint density at radius 2 is 1.91 bits per heavy atom. The van der Waals surface area contributed by atoms with Crippen molar-refractivity contribution >= 4 is 23.3 Å². The van der Waals surface area contributed by atoms with Gasteiger partial charge in [-0.1, -0.05) is 5.16 Å². The van der Waals surface area contributed by atoms with E-state index in [-0.39, 0.29) is 6.09 Å². The number of nitriles is 1. The second-order valence-electron chi connectivity index (χ2n) is 9.79. The monoisotopic (exact) mass is 475 g/mol. The second kappa shape index (κ2) is 10.2. The molecule has 1 aliphatic heterocycles. The lowest BCUT2D eigenvalue weighted by Gasteiger charge is -2.33. The summed E-state index contributed by atoms with van der Waals surface area (Å²) in [6.07, 6.45) is 3.93. The van der Waals surface area contributed by atoms with Gasteiger partial charge in [-0.05, 0) is 88.8 Å². The standard InChI is InChI=1S/C27H29N3O5/c1-27(2,3)34-26(32)30-14-12-18(13-15-30)6-10-23-21-9-11-24(22(17-31)25(21)35-29-23)33-20-7-4-19(16-28)5-8-20/h4-5,7-9,11,17-18H,6,10,12-15H2,1-3H3. The zero-order valence-electron chi connectivity index (χ0n) is 20.2. The summed E-state index contributed by atoms with van der Waals surface area (Å²) in [6, 6.07) is 12.3. The Morgan fingerprint density at radius 3 is 2.54 bits per heavy atom. The van der Waals surface area contributed by atoms with Crippen LogP contribution >= 0.6 is 0 Å². The Hall–Kier alpha value is -3.86. The maximum Gasteiger partial charge on any atom is 0.410 e. The average molecular weight is 476 g/mol. The molecule has 35 heavy (non-hydrogen) atoms. The van der Waals surface area contributed by atoms with Gasteiger partial charge in [-0.25, -0.2) is 4.79 Å². The number of nitrogens with zero attached hydrogens (tertiary/aromatic N) is 3. The van der Waals surface area contributed by atoms with E-state index < -0.39 is 5.60 Å². The van der Waals surface area contributed by atoms with E-state index in [2.05, 4.69) is 11.2 Å². The third-order valence-electron chi connectivity index (χ3n) is 6.10. The van der Waals surface area contributed by atoms with Gasteiger partial charge in [0.25, 0.3) is 0 Å². The molecule has 1 aliphatic rings. The maximum absolute atomic E-state index is 12.3. The van der Waals surface area contributed by atoms with Crippen LogP contribution in [0.5, 0.6) is 11.5 Å². The molecule has 1 aromatic heterocycles. The molecular formula is C27H29N3O5. The van der Waals surface area contributed by atoms with Crippen molar-refractivity contribution in [1.82, 2.24) is 10.1 Å². The van der Waals surface area contributed by atoms with E-state index in [0.717, 1.165) is 36.8 Å². The number of ether oxygens (including phenoxy) is 2. The Kier molecular flexibility index (Phi) is 7.06. The summed E-state index contributed by atoms with van der Waals surface area (Å²) in [6.45, 7) is 6.99. The predicted octanol–water partition coefficient (Wildman–Crippen LogP) is 5.88. The number of aryl methyl sites for hydroxylation is 1. The molecule has 1 fully saturated rings. The van der Waals surface area contributed by atoms with Gasteiger partial charge in [-0.3, -0.25) is 4.79 Å². The number of aromatic nitrogens is 1. The van der Waals surface area contributed by atoms with Crippen molar-refractivity contribution in [2.45, 2.75) is 52.1 Å². The molecule has 0 saturated carbocycles. The number of carbonyl (C=O) groups is 2. The first-order valence-corrected chi connectivity index (χ1v) is 11.8. The van der Waals surface area contributed by atoms with Gasteiger partial charge in [-0.15, -0.1) is 0 Å². The summed E-state index contributed by atoms with van der Waals surface area (Å²) in [4.78, 5) is 25.9. The molecule has 0 atom stereocenters. The van der Waals surface area contributed by atoms with Crippen LogP contribution in [0.4, 0.5) is 4.79 Å². The maximum atomic E-state index is 12.3. The quantitative estimate of drug-likeness (QED) is 0.410. The molecule has 2 aromatic carbocycles. The number of aldehydes is 1. The van der Waals surface area contributed by atoms with Crippen LogP contribution in [0.2, 0.25) is 0 Å². The molecule has 1 saturated heterocycles. The fraction of sp³-hybridized carbons (Fsp3) is 0.407. The van der Waals surface area contributed by atoms with Gasteiger partial charge in [0.15, 0.2) is 11.9 Å². The van der Waals surface area contributed by atoms with Crippen molar-refractivity contribution in [3.8, 4) is 17.6 Å². The van der Waals surface area contributed by atoms with Crippen LogP contribution < -0.4 is 4.74 Å². The van der Waals surface area contributed by atoms with Crippen LogP contribution in [0.1, 0.15) is 61.6 Å². The number of benzene rings is 2. The van der Waals surface area contributed by atoms with Crippen molar-refractivity contribution in [2.75, 3.05) is 13.1 Å². The predicted molar refractivity (Wildman–Crippen MR) is 129 cm³/mol. The normalized spacial score (nSPS) is 14.5. The molecule has 0 aliphatic carbocycles. The van der Waals surface area contributed by atoms with Crippen molar-refractivity contribution in [2.24, 2.45) is 5.92 Å². The molecule has 0 unspecified atom stereocenters. The summed E-state index contributed by atoms with van der Waals surface area (Å²) < 4.78 is 16.9. The van der Waals surface area contributed by atoms with E-state index in [4.69, 9.17) is 19.3 Å². The van der Waals surface area contributed by atoms with Gasteiger partial charge in [0.05, 0.1) is 17.3 Å². The van der Waals surface area contributed by atoms with Crippen LogP contribution in [0.3, 0.4) is 0 Å². The smallest absolute Gasteiger partial charge is 0.410 e. The van der Waals surface area contributed by atoms with E-state index in [1.807, 2.05) is 26.8 Å². The van der Waals surface area contributed by atoms with Crippen LogP contribution in [-0.2, 0) is 11.2 Å². The molecule has 3 aromatic rings. The SMILES string of the molecule is CC(C)(C)OC(=O)N1CCC(CCc2noc3c(C=O)c(Oc4ccc(C#N)cc4)ccc23)CC1. The number of fused-ring (bicyclic) bond motifs is 1. The number of piperidine rings is 1. The largest absolute Gasteiger partial charge is 0.456 e. The third-order valence-corrected chi connectivity index (χ3v) is 6.10. The van der Waals surface area contributed by atoms with Crippen molar-refractivity contribution < 1.29 is 23.6 Å². The highest BCUT2D eigenvalue weighted by Crippen LogP contribution is 2.33. The lowest BCUT2D eigenvalue weighted by molar-refractivity contribution is 0.0181. The summed E-state index contributed by atoms with van der Waals surface area (Å²) in [5.74, 6) is 1.36. The van der Waals surface area contributed by atoms with Gasteiger partial charge >= 0.3 is 6.09 Å². The lowest BCUT2D eigenvalue weighted by Crippen LogP contribution is -2.41. The van der Waals surface area contributed by atoms with Gasteiger partial charge < -0.3 is 18.9 Å². The number of hydrogen-bond donors (Lipinski definition) is 0. The van der Waals surface area contributed by atoms with Crippen molar-refractivity contribution in [1.29, 1.82) is 5.26 Å². The lowest BCUT2D eigenvalue weighted by atomic mass is 9.91. The fourth-order valence-corrected chi connectivity index (χ4v) is 4.23. The molecule has 0 bridgehead atoms. The van der Waals surface area contributed by atoms with E-state index >= 15 is 0 Å². The minimum Gasteiger partial charge on any atom is -0.456 e. The van der Waals surface area contributed by atoms with Crippen LogP contribution in [-0.4, -0.2) is 41.1 Å². The molecule has 8 heteroatoms. The first kappa shape index (κ1) is 24.3. The van der Waals surface area contributed by atoms with Crippen molar-refractivity contribution in [3.63, 3.8) is 0 Å². The van der Waals surface area contributed by atoms with E-state index in [1.54, 1.807) is 35.2 Å². The van der Waals surface area contributed by atoms with E-state index in [1.165, 1.54) is 0 Å². The minimum absolute atomic E-state index is 0.251. The number of amides is 1. The fourth-order valence-electron chi connectivity index (χ4n) is 4.23. The first-order valence-electron chi connectivity index (χ1n) is 11.8. The van der Waals surface area contributed by atoms with Crippen LogP contribution in [0, 0.1) is 17.2 Å². The summed E-state index contributed by atoms with van der Waals surface area (Å²) >= 11 is 0. The number of hydrogen-bond acceptors (Lipinski definition) is 7. The highest BCUT2D eigenvalue weighted by atomic mass is 16.6. The number of likely N-dealkylation sites (tertiary alicyclic amines) is 1. The topological polar surface area (TPSA) is 106 Å². The number of rotatable bonds is 6. The summed E-state index contributed by atoms with van der Waals surface area (Å²) in [5.41, 5.74) is 1.55. The van der Waals surface area contributed by atoms with Crippen molar-refractivity contribution in [3.05, 3.63) is 53.2 Å². The third kappa shape index (κ3) is 5.80. The van der Waals surface area contributed by atoms with Crippen LogP contribution in [0.25, 0.3) is 11.0 Å². The van der Waals surface area contributed by atoms with E-state index in [9.17, 15) is 9.59 Å². The Bertz CT molecular complexity index is 1240. The van der Waals surface area contributed by atoms with Gasteiger partial charge in [-0.2, -0.15) is 5.26 Å². The molecule has 2 heterocycles. The molecule has 4 rings (SSSR count). The molecule has 8 nitrogen and oxygen atoms in total. The minimum atomic E-state index is -0.491. The molecular weight excluding hydrogens is 446 g/mol. The molecule has 0 spiro atoms. The highest BCUT2D eigenvalue weighted by molar-refractivity contribution is 5.98. The summed E-state index contributed by atoms with van der Waals surface area (Å²) in [5, 5.41) is 14.0. The van der Waals surface area contributed by atoms with Crippen LogP contribution in [0.15, 0.2) is 40.9 Å². The Balaban J connectivity index is 1.39. The van der Waals surface area contributed by atoms with Gasteiger partial charge in [0.2, 0.25) is 0 Å². The number of carbonyl (C=O) groups excluding carboxylic acids is 2. The Morgan fingerprint density at radius 1 is 1.20 bits per heavy atom. The molecule has 182 valence electrons. The van der Waals surface area contributed by atoms with Gasteiger partial charge in [0.1, 0.15) is 22.7 Å². The highest BCUT2D eigenvalue weighted by Gasteiger charge is 2.27. The Labute approximate surface area is 204 Å².